The van der Waals surface area contributed by atoms with E-state index < -0.39 is 16.1 Å². The lowest BCUT2D eigenvalue weighted by Crippen LogP contribution is -2.26. The van der Waals surface area contributed by atoms with Crippen molar-refractivity contribution in [3.05, 3.63) is 84.8 Å². The number of carboxylic acid groups (broad SMARTS) is 1. The Bertz CT molecular complexity index is 1690. The van der Waals surface area contributed by atoms with Crippen LogP contribution in [0.4, 0.5) is 4.79 Å². The van der Waals surface area contributed by atoms with E-state index in [1.165, 1.54) is 8.87 Å². The molecule has 1 unspecified atom stereocenters. The molecule has 1 aliphatic heterocycles. The highest BCUT2D eigenvalue weighted by atomic mass is 32.2. The van der Waals surface area contributed by atoms with E-state index in [0.717, 1.165) is 34.0 Å². The molecule has 2 aromatic carbocycles. The maximum absolute atomic E-state index is 13.5. The summed E-state index contributed by atoms with van der Waals surface area (Å²) in [5.41, 5.74) is 3.87. The Morgan fingerprint density at radius 1 is 1.00 bits per heavy atom. The quantitative estimate of drug-likeness (QED) is 0.376. The van der Waals surface area contributed by atoms with E-state index in [1.54, 1.807) is 48.8 Å². The molecule has 4 heterocycles. The molecule has 176 valence electrons. The summed E-state index contributed by atoms with van der Waals surface area (Å²) in [6.45, 7) is 0.937. The first-order valence-corrected chi connectivity index (χ1v) is 12.7. The topological polar surface area (TPSA) is 108 Å². The zero-order chi connectivity index (χ0) is 24.2. The van der Waals surface area contributed by atoms with Crippen LogP contribution in [0.3, 0.4) is 0 Å². The zero-order valence-electron chi connectivity index (χ0n) is 18.6. The van der Waals surface area contributed by atoms with Crippen LogP contribution >= 0.6 is 0 Å². The molecular formula is C26H22N4O4S. The Kier molecular flexibility index (Phi) is 4.89. The Morgan fingerprint density at radius 3 is 2.54 bits per heavy atom. The predicted molar refractivity (Wildman–Crippen MR) is 133 cm³/mol. The smallest absolute Gasteiger partial charge is 0.407 e. The van der Waals surface area contributed by atoms with E-state index in [9.17, 15) is 18.3 Å². The molecule has 0 aliphatic carbocycles. The van der Waals surface area contributed by atoms with Gasteiger partial charge >= 0.3 is 6.09 Å². The molecular weight excluding hydrogens is 464 g/mol. The highest BCUT2D eigenvalue weighted by Crippen LogP contribution is 2.38. The van der Waals surface area contributed by atoms with Crippen LogP contribution in [0.1, 0.15) is 18.0 Å². The Hall–Kier alpha value is -4.11. The van der Waals surface area contributed by atoms with Crippen molar-refractivity contribution in [1.82, 2.24) is 18.8 Å². The largest absolute Gasteiger partial charge is 0.465 e. The highest BCUT2D eigenvalue weighted by molar-refractivity contribution is 7.90. The molecule has 3 aromatic heterocycles. The minimum absolute atomic E-state index is 0.0629. The lowest BCUT2D eigenvalue weighted by atomic mass is 10.0. The molecule has 1 saturated heterocycles. The number of pyridine rings is 1. The van der Waals surface area contributed by atoms with Crippen LogP contribution in [0.25, 0.3) is 33.1 Å². The van der Waals surface area contributed by atoms with Gasteiger partial charge < -0.3 is 15.0 Å². The summed E-state index contributed by atoms with van der Waals surface area (Å²) in [7, 11) is -3.80. The second kappa shape index (κ2) is 7.99. The summed E-state index contributed by atoms with van der Waals surface area (Å²) in [5.74, 6) is 0.0629. The number of nitrogens with one attached hydrogen (secondary N) is 1. The number of hydrogen-bond donors (Lipinski definition) is 2. The van der Waals surface area contributed by atoms with Crippen molar-refractivity contribution in [1.29, 1.82) is 0 Å². The van der Waals surface area contributed by atoms with Gasteiger partial charge in [-0.05, 0) is 42.3 Å². The number of hydrogen-bond acceptors (Lipinski definition) is 4. The molecule has 35 heavy (non-hydrogen) atoms. The van der Waals surface area contributed by atoms with Crippen molar-refractivity contribution in [3.8, 4) is 11.1 Å². The summed E-state index contributed by atoms with van der Waals surface area (Å²) in [5, 5.41) is 11.0. The third-order valence-corrected chi connectivity index (χ3v) is 8.41. The molecule has 5 aromatic rings. The van der Waals surface area contributed by atoms with Gasteiger partial charge in [0.05, 0.1) is 10.4 Å². The van der Waals surface area contributed by atoms with E-state index in [2.05, 4.69) is 9.97 Å². The van der Waals surface area contributed by atoms with Gasteiger partial charge in [0.1, 0.15) is 5.65 Å². The summed E-state index contributed by atoms with van der Waals surface area (Å²) < 4.78 is 28.4. The minimum Gasteiger partial charge on any atom is -0.465 e. The van der Waals surface area contributed by atoms with E-state index in [-0.39, 0.29) is 10.8 Å². The number of benzene rings is 2. The number of rotatable bonds is 4. The molecule has 1 fully saturated rings. The number of nitrogens with zero attached hydrogens (tertiary/aromatic N) is 3. The van der Waals surface area contributed by atoms with Gasteiger partial charge in [-0.15, -0.1) is 0 Å². The van der Waals surface area contributed by atoms with Crippen molar-refractivity contribution in [2.75, 3.05) is 13.1 Å². The fraction of sp³-hybridized carbons (Fsp3) is 0.154. The number of fused-ring (bicyclic) bond motifs is 2. The van der Waals surface area contributed by atoms with Crippen LogP contribution in [-0.4, -0.2) is 51.5 Å². The first-order chi connectivity index (χ1) is 16.9. The van der Waals surface area contributed by atoms with Gasteiger partial charge in [-0.3, -0.25) is 0 Å². The summed E-state index contributed by atoms with van der Waals surface area (Å²) >= 11 is 0. The molecule has 9 heteroatoms. The second-order valence-electron chi connectivity index (χ2n) is 8.73. The monoisotopic (exact) mass is 486 g/mol. The maximum Gasteiger partial charge on any atom is 0.407 e. The number of likely N-dealkylation sites (tertiary alicyclic amines) is 1. The number of aromatic amines is 1. The number of aromatic nitrogens is 3. The fourth-order valence-corrected chi connectivity index (χ4v) is 6.35. The van der Waals surface area contributed by atoms with Gasteiger partial charge in [-0.25, -0.2) is 22.2 Å². The highest BCUT2D eigenvalue weighted by Gasteiger charge is 2.29. The Labute approximate surface area is 201 Å². The van der Waals surface area contributed by atoms with E-state index in [4.69, 9.17) is 0 Å². The third-order valence-electron chi connectivity index (χ3n) is 6.72. The molecule has 0 spiro atoms. The normalized spacial score (nSPS) is 16.3. The van der Waals surface area contributed by atoms with Crippen molar-refractivity contribution < 1.29 is 18.3 Å². The average molecular weight is 487 g/mol. The van der Waals surface area contributed by atoms with Gasteiger partial charge in [-0.1, -0.05) is 36.4 Å². The molecule has 1 atom stereocenters. The van der Waals surface area contributed by atoms with Crippen molar-refractivity contribution >= 4 is 38.1 Å². The van der Waals surface area contributed by atoms with Crippen molar-refractivity contribution in [2.45, 2.75) is 17.2 Å². The van der Waals surface area contributed by atoms with Gasteiger partial charge in [0.15, 0.2) is 0 Å². The number of amides is 1. The Balaban J connectivity index is 1.50. The van der Waals surface area contributed by atoms with Gasteiger partial charge in [-0.2, -0.15) is 0 Å². The Morgan fingerprint density at radius 2 is 1.77 bits per heavy atom. The van der Waals surface area contributed by atoms with Crippen molar-refractivity contribution in [2.24, 2.45) is 0 Å². The van der Waals surface area contributed by atoms with E-state index >= 15 is 0 Å². The molecule has 6 rings (SSSR count). The molecule has 0 radical (unpaired) electrons. The fourth-order valence-electron chi connectivity index (χ4n) is 4.96. The van der Waals surface area contributed by atoms with Crippen LogP contribution in [0.5, 0.6) is 0 Å². The molecule has 0 saturated carbocycles. The summed E-state index contributed by atoms with van der Waals surface area (Å²) in [4.78, 5) is 20.8. The molecule has 2 N–H and O–H groups in total. The average Bonchev–Trinajstić information content (AvgIpc) is 3.61. The molecule has 1 amide bonds. The number of H-pyrrole nitrogens is 1. The van der Waals surface area contributed by atoms with Crippen LogP contribution in [0.2, 0.25) is 0 Å². The number of para-hydroxylation sites is 1. The lowest BCUT2D eigenvalue weighted by Gasteiger charge is -2.10. The van der Waals surface area contributed by atoms with E-state index in [1.807, 2.05) is 30.3 Å². The lowest BCUT2D eigenvalue weighted by molar-refractivity contribution is 0.155. The minimum atomic E-state index is -3.80. The molecule has 1 aliphatic rings. The zero-order valence-corrected chi connectivity index (χ0v) is 19.4. The first kappa shape index (κ1) is 21.4. The van der Waals surface area contributed by atoms with Gasteiger partial charge in [0.2, 0.25) is 0 Å². The van der Waals surface area contributed by atoms with Crippen LogP contribution in [0, 0.1) is 0 Å². The van der Waals surface area contributed by atoms with Gasteiger partial charge in [0, 0.05) is 53.4 Å². The van der Waals surface area contributed by atoms with Crippen LogP contribution in [-0.2, 0) is 10.0 Å². The number of carbonyl (C=O) groups is 1. The predicted octanol–water partition coefficient (Wildman–Crippen LogP) is 4.89. The van der Waals surface area contributed by atoms with Crippen LogP contribution in [0.15, 0.2) is 84.0 Å². The first-order valence-electron chi connectivity index (χ1n) is 11.3. The maximum atomic E-state index is 13.5. The van der Waals surface area contributed by atoms with E-state index in [0.29, 0.717) is 24.3 Å². The molecule has 0 bridgehead atoms. The second-order valence-corrected chi connectivity index (χ2v) is 10.5. The van der Waals surface area contributed by atoms with Crippen LogP contribution < -0.4 is 0 Å². The standard InChI is InChI=1S/C26H22N4O4S/c31-26(32)29-13-11-17(15-29)23-14-21-19(10-12-27-25(21)28-23)22-16-30(24-9-5-4-8-20(22)24)35(33,34)18-6-2-1-3-7-18/h1-10,12,14,16-17H,11,13,15H2,(H,27,28)(H,31,32). The summed E-state index contributed by atoms with van der Waals surface area (Å²) in [6, 6.07) is 19.7. The van der Waals surface area contributed by atoms with Gasteiger partial charge in [0.25, 0.3) is 10.0 Å². The third kappa shape index (κ3) is 3.47. The SMILES string of the molecule is O=C(O)N1CCC(c2cc3c(-c4cn(S(=O)(=O)c5ccccc5)c5ccccc45)ccnc3[nH]2)C1. The summed E-state index contributed by atoms with van der Waals surface area (Å²) in [6.07, 6.45) is 3.21. The molecule has 8 nitrogen and oxygen atoms in total. The van der Waals surface area contributed by atoms with Crippen molar-refractivity contribution in [3.63, 3.8) is 0 Å².